The number of amides is 1. The average Bonchev–Trinajstić information content (AvgIpc) is 3.30. The number of carbonyl (C=O) groups excluding carboxylic acids is 1. The molecule has 0 spiro atoms. The highest BCUT2D eigenvalue weighted by atomic mass is 19.4. The molecule has 4 rings (SSSR count). The number of rotatable bonds is 3. The van der Waals surface area contributed by atoms with E-state index < -0.39 is 17.8 Å². The fourth-order valence-corrected chi connectivity index (χ4v) is 2.98. The molecule has 28 heavy (non-hydrogen) atoms. The molecule has 6 nitrogen and oxygen atoms in total. The van der Waals surface area contributed by atoms with Gasteiger partial charge in [-0.15, -0.1) is 0 Å². The number of halogens is 3. The van der Waals surface area contributed by atoms with E-state index in [0.717, 1.165) is 21.7 Å². The molecule has 0 atom stereocenters. The van der Waals surface area contributed by atoms with Crippen LogP contribution in [0.2, 0.25) is 0 Å². The van der Waals surface area contributed by atoms with E-state index in [2.05, 4.69) is 15.6 Å². The highest BCUT2D eigenvalue weighted by molar-refractivity contribution is 6.08. The van der Waals surface area contributed by atoms with Gasteiger partial charge in [-0.2, -0.15) is 13.2 Å². The molecule has 9 heteroatoms. The van der Waals surface area contributed by atoms with Crippen LogP contribution in [0.25, 0.3) is 11.3 Å². The van der Waals surface area contributed by atoms with E-state index in [9.17, 15) is 18.0 Å². The van der Waals surface area contributed by atoms with Gasteiger partial charge in [0.25, 0.3) is 5.91 Å². The van der Waals surface area contributed by atoms with Crippen molar-refractivity contribution in [3.63, 3.8) is 0 Å². The molecule has 1 aromatic carbocycles. The lowest BCUT2D eigenvalue weighted by Crippen LogP contribution is -2.15. The number of fused-ring (bicyclic) bond motifs is 1. The number of alkyl halides is 3. The first-order valence-corrected chi connectivity index (χ1v) is 8.36. The SMILES string of the molecule is Cc1cc(C(F)(F)F)n2ccc(C(=O)Nc3ccc(C4=COCN4)cc3)c2n1. The molecule has 1 amide bonds. The quantitative estimate of drug-likeness (QED) is 0.717. The van der Waals surface area contributed by atoms with Gasteiger partial charge in [-0.25, -0.2) is 4.98 Å². The van der Waals surface area contributed by atoms with Crippen molar-refractivity contribution in [3.8, 4) is 0 Å². The van der Waals surface area contributed by atoms with E-state index in [-0.39, 0.29) is 16.9 Å². The monoisotopic (exact) mass is 388 g/mol. The lowest BCUT2D eigenvalue weighted by Gasteiger charge is -2.11. The molecule has 144 valence electrons. The van der Waals surface area contributed by atoms with Crippen molar-refractivity contribution in [1.29, 1.82) is 0 Å². The minimum Gasteiger partial charge on any atom is -0.479 e. The number of nitrogens with zero attached hydrogens (tertiary/aromatic N) is 2. The van der Waals surface area contributed by atoms with E-state index in [1.54, 1.807) is 30.5 Å². The molecule has 3 heterocycles. The van der Waals surface area contributed by atoms with Crippen molar-refractivity contribution in [2.24, 2.45) is 0 Å². The maximum Gasteiger partial charge on any atom is 0.431 e. The van der Waals surface area contributed by atoms with Crippen LogP contribution < -0.4 is 10.6 Å². The molecule has 2 aromatic heterocycles. The Balaban J connectivity index is 1.62. The Hall–Kier alpha value is -3.49. The van der Waals surface area contributed by atoms with E-state index in [4.69, 9.17) is 4.74 Å². The zero-order valence-corrected chi connectivity index (χ0v) is 14.7. The predicted octanol–water partition coefficient (Wildman–Crippen LogP) is 3.79. The van der Waals surface area contributed by atoms with Gasteiger partial charge < -0.3 is 15.4 Å². The van der Waals surface area contributed by atoms with Gasteiger partial charge in [0, 0.05) is 23.1 Å². The lowest BCUT2D eigenvalue weighted by atomic mass is 10.1. The Morgan fingerprint density at radius 1 is 1.25 bits per heavy atom. The second kappa shape index (κ2) is 6.59. The summed E-state index contributed by atoms with van der Waals surface area (Å²) in [5.74, 6) is -0.539. The highest BCUT2D eigenvalue weighted by Gasteiger charge is 2.34. The lowest BCUT2D eigenvalue weighted by molar-refractivity contribution is -0.142. The number of aryl methyl sites for hydroxylation is 1. The third-order valence-electron chi connectivity index (χ3n) is 4.28. The maximum atomic E-state index is 13.3. The van der Waals surface area contributed by atoms with Gasteiger partial charge in [0.1, 0.15) is 17.6 Å². The van der Waals surface area contributed by atoms with Crippen LogP contribution in [0.15, 0.2) is 48.9 Å². The molecular weight excluding hydrogens is 373 g/mol. The van der Waals surface area contributed by atoms with Crippen molar-refractivity contribution >= 4 is 22.9 Å². The molecule has 0 aliphatic carbocycles. The fraction of sp³-hybridized carbons (Fsp3) is 0.158. The Bertz CT molecular complexity index is 1080. The van der Waals surface area contributed by atoms with Crippen LogP contribution >= 0.6 is 0 Å². The molecule has 0 saturated carbocycles. The van der Waals surface area contributed by atoms with Gasteiger partial charge >= 0.3 is 6.18 Å². The van der Waals surface area contributed by atoms with Crippen molar-refractivity contribution in [2.45, 2.75) is 13.1 Å². The van der Waals surface area contributed by atoms with Gasteiger partial charge in [0.05, 0.1) is 11.3 Å². The molecule has 3 aromatic rings. The molecule has 1 aliphatic rings. The summed E-state index contributed by atoms with van der Waals surface area (Å²) < 4.78 is 45.7. The van der Waals surface area contributed by atoms with Gasteiger partial charge in [-0.3, -0.25) is 9.20 Å². The van der Waals surface area contributed by atoms with Crippen molar-refractivity contribution in [1.82, 2.24) is 14.7 Å². The summed E-state index contributed by atoms with van der Waals surface area (Å²) in [5, 5.41) is 5.73. The smallest absolute Gasteiger partial charge is 0.431 e. The molecule has 2 N–H and O–H groups in total. The highest BCUT2D eigenvalue weighted by Crippen LogP contribution is 2.31. The first kappa shape index (κ1) is 17.9. The van der Waals surface area contributed by atoms with Crippen LogP contribution in [0.4, 0.5) is 18.9 Å². The Morgan fingerprint density at radius 3 is 2.64 bits per heavy atom. The number of carbonyl (C=O) groups is 1. The van der Waals surface area contributed by atoms with Crippen LogP contribution in [0.5, 0.6) is 0 Å². The summed E-state index contributed by atoms with van der Waals surface area (Å²) in [6.07, 6.45) is -1.75. The third-order valence-corrected chi connectivity index (χ3v) is 4.28. The number of hydrogen-bond acceptors (Lipinski definition) is 4. The normalized spacial score (nSPS) is 13.8. The Kier molecular flexibility index (Phi) is 4.21. The molecule has 0 saturated heterocycles. The predicted molar refractivity (Wildman–Crippen MR) is 96.4 cm³/mol. The van der Waals surface area contributed by atoms with Crippen LogP contribution in [-0.2, 0) is 10.9 Å². The molecule has 1 aliphatic heterocycles. The third kappa shape index (κ3) is 3.26. The van der Waals surface area contributed by atoms with E-state index in [1.165, 1.54) is 19.2 Å². The minimum atomic E-state index is -4.55. The zero-order chi connectivity index (χ0) is 19.9. The molecule has 0 bridgehead atoms. The van der Waals surface area contributed by atoms with Crippen LogP contribution in [0.1, 0.15) is 27.3 Å². The number of hydrogen-bond donors (Lipinski definition) is 2. The van der Waals surface area contributed by atoms with Crippen molar-refractivity contribution in [3.05, 3.63) is 71.4 Å². The summed E-state index contributed by atoms with van der Waals surface area (Å²) in [6, 6.07) is 9.27. The average molecular weight is 388 g/mol. The zero-order valence-electron chi connectivity index (χ0n) is 14.7. The molecular formula is C19H15F3N4O2. The summed E-state index contributed by atoms with van der Waals surface area (Å²) in [4.78, 5) is 16.7. The summed E-state index contributed by atoms with van der Waals surface area (Å²) >= 11 is 0. The topological polar surface area (TPSA) is 67.7 Å². The Labute approximate surface area is 157 Å². The van der Waals surface area contributed by atoms with Gasteiger partial charge in [0.2, 0.25) is 0 Å². The molecule has 0 unspecified atom stereocenters. The molecule has 0 fully saturated rings. The number of ether oxygens (including phenoxy) is 1. The summed E-state index contributed by atoms with van der Waals surface area (Å²) in [6.45, 7) is 1.86. The second-order valence-corrected chi connectivity index (χ2v) is 6.25. The van der Waals surface area contributed by atoms with Crippen molar-refractivity contribution in [2.75, 3.05) is 12.0 Å². The number of anilines is 1. The van der Waals surface area contributed by atoms with Gasteiger partial charge in [-0.05, 0) is 31.2 Å². The number of aromatic nitrogens is 2. The van der Waals surface area contributed by atoms with Crippen LogP contribution in [0.3, 0.4) is 0 Å². The summed E-state index contributed by atoms with van der Waals surface area (Å²) in [5.41, 5.74) is 1.55. The van der Waals surface area contributed by atoms with E-state index in [0.29, 0.717) is 12.4 Å². The standard InChI is InChI=1S/C19H15F3N4O2/c1-11-8-16(19(20,21)22)26-7-6-14(17(26)24-11)18(27)25-13-4-2-12(3-5-13)15-9-28-10-23-15/h2-9,23H,10H2,1H3,(H,25,27). The largest absolute Gasteiger partial charge is 0.479 e. The number of benzene rings is 1. The first-order chi connectivity index (χ1) is 13.3. The first-order valence-electron chi connectivity index (χ1n) is 8.36. The summed E-state index contributed by atoms with van der Waals surface area (Å²) in [7, 11) is 0. The maximum absolute atomic E-state index is 13.3. The van der Waals surface area contributed by atoms with E-state index in [1.807, 2.05) is 0 Å². The van der Waals surface area contributed by atoms with Gasteiger partial charge in [0.15, 0.2) is 6.73 Å². The Morgan fingerprint density at radius 2 is 2.00 bits per heavy atom. The van der Waals surface area contributed by atoms with E-state index >= 15 is 0 Å². The molecule has 0 radical (unpaired) electrons. The van der Waals surface area contributed by atoms with Crippen LogP contribution in [0, 0.1) is 6.92 Å². The number of nitrogens with one attached hydrogen (secondary N) is 2. The van der Waals surface area contributed by atoms with Crippen molar-refractivity contribution < 1.29 is 22.7 Å². The fourth-order valence-electron chi connectivity index (χ4n) is 2.98. The second-order valence-electron chi connectivity index (χ2n) is 6.25. The minimum absolute atomic E-state index is 0.0427. The van der Waals surface area contributed by atoms with Gasteiger partial charge in [-0.1, -0.05) is 12.1 Å². The van der Waals surface area contributed by atoms with Crippen LogP contribution in [-0.4, -0.2) is 22.0 Å².